The molecule has 3 heterocycles. The number of fused-ring (bicyclic) bond motifs is 1. The van der Waals surface area contributed by atoms with Crippen molar-refractivity contribution in [3.63, 3.8) is 0 Å². The number of alkyl halides is 3. The number of imidazole rings is 1. The molecular formula is C18H17F3N6O8S. The van der Waals surface area contributed by atoms with Crippen LogP contribution >= 0.6 is 0 Å². The normalized spacial score (nSPS) is 22.7. The molecule has 1 amide bonds. The van der Waals surface area contributed by atoms with Crippen molar-refractivity contribution in [3.05, 3.63) is 42.0 Å². The lowest BCUT2D eigenvalue weighted by molar-refractivity contribution is -0.137. The van der Waals surface area contributed by atoms with Crippen molar-refractivity contribution in [2.75, 3.05) is 12.3 Å². The van der Waals surface area contributed by atoms with Gasteiger partial charge in [0.2, 0.25) is 0 Å². The first kappa shape index (κ1) is 25.5. The van der Waals surface area contributed by atoms with Crippen molar-refractivity contribution in [1.29, 1.82) is 0 Å². The molecule has 0 bridgehead atoms. The lowest BCUT2D eigenvalue weighted by Crippen LogP contribution is -2.37. The summed E-state index contributed by atoms with van der Waals surface area (Å²) in [6.07, 6.45) is -8.34. The quantitative estimate of drug-likeness (QED) is 0.269. The molecule has 0 aliphatic carbocycles. The monoisotopic (exact) mass is 534 g/mol. The summed E-state index contributed by atoms with van der Waals surface area (Å²) in [6.45, 7) is -0.875. The number of nitrogens with zero attached hydrogens (tertiary/aromatic N) is 4. The van der Waals surface area contributed by atoms with Crippen molar-refractivity contribution in [1.82, 2.24) is 24.2 Å². The number of hydrogen-bond acceptors (Lipinski definition) is 12. The van der Waals surface area contributed by atoms with Crippen molar-refractivity contribution in [3.8, 4) is 5.75 Å². The van der Waals surface area contributed by atoms with Crippen LogP contribution in [0.1, 0.15) is 22.1 Å². The second-order valence-electron chi connectivity index (χ2n) is 7.53. The first-order chi connectivity index (χ1) is 16.8. The number of amides is 1. The second-order valence-corrected chi connectivity index (χ2v) is 8.88. The maximum absolute atomic E-state index is 12.7. The smallest absolute Gasteiger partial charge is 0.416 e. The van der Waals surface area contributed by atoms with Crippen molar-refractivity contribution >= 4 is 33.2 Å². The number of carbonyl (C=O) groups excluding carboxylic acids is 1. The summed E-state index contributed by atoms with van der Waals surface area (Å²) in [7, 11) is -4.89. The zero-order valence-electron chi connectivity index (χ0n) is 17.7. The van der Waals surface area contributed by atoms with E-state index >= 15 is 0 Å². The molecule has 14 nitrogen and oxygen atoms in total. The summed E-state index contributed by atoms with van der Waals surface area (Å²) in [4.78, 5) is 23.9. The average molecular weight is 534 g/mol. The third kappa shape index (κ3) is 4.88. The molecule has 1 aliphatic heterocycles. The molecule has 3 aromatic rings. The molecule has 1 saturated heterocycles. The van der Waals surface area contributed by atoms with E-state index in [2.05, 4.69) is 19.1 Å². The van der Waals surface area contributed by atoms with Crippen molar-refractivity contribution < 1.29 is 50.6 Å². The van der Waals surface area contributed by atoms with Crippen LogP contribution in [0, 0.1) is 0 Å². The Kier molecular flexibility index (Phi) is 6.47. The van der Waals surface area contributed by atoms with E-state index in [1.54, 1.807) is 0 Å². The molecule has 4 atom stereocenters. The van der Waals surface area contributed by atoms with Gasteiger partial charge in [0.1, 0.15) is 35.9 Å². The molecule has 18 heteroatoms. The van der Waals surface area contributed by atoms with E-state index in [0.717, 1.165) is 6.33 Å². The van der Waals surface area contributed by atoms with E-state index < -0.39 is 70.4 Å². The fourth-order valence-corrected chi connectivity index (χ4v) is 4.12. The molecule has 0 saturated carbocycles. The Labute approximate surface area is 199 Å². The minimum Gasteiger partial charge on any atom is -0.507 e. The Morgan fingerprint density at radius 3 is 2.61 bits per heavy atom. The number of aromatic nitrogens is 4. The molecule has 2 unspecified atom stereocenters. The lowest BCUT2D eigenvalue weighted by atomic mass is 10.1. The van der Waals surface area contributed by atoms with Gasteiger partial charge in [0.25, 0.3) is 5.91 Å². The van der Waals surface area contributed by atoms with Gasteiger partial charge in [-0.05, 0) is 18.2 Å². The highest BCUT2D eigenvalue weighted by Gasteiger charge is 2.45. The molecule has 6 N–H and O–H groups in total. The summed E-state index contributed by atoms with van der Waals surface area (Å²) in [5, 5.41) is 30.4. The topological polar surface area (TPSA) is 212 Å². The van der Waals surface area contributed by atoms with Gasteiger partial charge < -0.3 is 25.8 Å². The highest BCUT2D eigenvalue weighted by atomic mass is 32.2. The van der Waals surface area contributed by atoms with Gasteiger partial charge >= 0.3 is 16.5 Å². The predicted molar refractivity (Wildman–Crippen MR) is 111 cm³/mol. The number of aromatic hydroxyl groups is 1. The highest BCUT2D eigenvalue weighted by Crippen LogP contribution is 2.33. The van der Waals surface area contributed by atoms with Crippen LogP contribution in [0.5, 0.6) is 5.75 Å². The van der Waals surface area contributed by atoms with Crippen LogP contribution in [0.25, 0.3) is 11.2 Å². The summed E-state index contributed by atoms with van der Waals surface area (Å²) in [5.74, 6) is -2.54. The first-order valence-corrected chi connectivity index (χ1v) is 11.3. The molecule has 4 rings (SSSR count). The Bertz CT molecular complexity index is 1420. The molecule has 1 aliphatic rings. The largest absolute Gasteiger partial charge is 0.507 e. The van der Waals surface area contributed by atoms with Gasteiger partial charge in [-0.2, -0.15) is 21.6 Å². The van der Waals surface area contributed by atoms with E-state index in [9.17, 15) is 41.7 Å². The number of aliphatic hydroxyl groups excluding tert-OH is 2. The van der Waals surface area contributed by atoms with Gasteiger partial charge in [-0.25, -0.2) is 19.7 Å². The van der Waals surface area contributed by atoms with Crippen LogP contribution in [0.15, 0.2) is 30.9 Å². The summed E-state index contributed by atoms with van der Waals surface area (Å²) in [6, 6.07) is 1.31. The van der Waals surface area contributed by atoms with Crippen LogP contribution in [-0.4, -0.2) is 74.1 Å². The number of nitrogen functional groups attached to an aromatic ring is 1. The molecular weight excluding hydrogens is 517 g/mol. The van der Waals surface area contributed by atoms with E-state index in [1.807, 2.05) is 0 Å². The SMILES string of the molecule is Nc1ncnc2c1ncn2C1OC(COS(=O)(=O)NC(=O)c2ccc(C(F)(F)F)cc2O)[C@@H](O)[C@H]1O. The molecule has 36 heavy (non-hydrogen) atoms. The maximum atomic E-state index is 12.7. The molecule has 0 radical (unpaired) electrons. The van der Waals surface area contributed by atoms with E-state index in [1.165, 1.54) is 15.6 Å². The number of carbonyl (C=O) groups is 1. The third-order valence-electron chi connectivity index (χ3n) is 5.17. The number of benzene rings is 1. The number of rotatable bonds is 6. The number of anilines is 1. The molecule has 0 spiro atoms. The lowest BCUT2D eigenvalue weighted by Gasteiger charge is -2.16. The molecule has 1 fully saturated rings. The number of halogens is 3. The van der Waals surface area contributed by atoms with Crippen molar-refractivity contribution in [2.24, 2.45) is 0 Å². The zero-order valence-corrected chi connectivity index (χ0v) is 18.5. The fraction of sp³-hybridized carbons (Fsp3) is 0.333. The van der Waals surface area contributed by atoms with Crippen LogP contribution in [0.2, 0.25) is 0 Å². The van der Waals surface area contributed by atoms with Gasteiger partial charge in [0.15, 0.2) is 17.7 Å². The number of phenols is 1. The van der Waals surface area contributed by atoms with E-state index in [4.69, 9.17) is 10.5 Å². The van der Waals surface area contributed by atoms with E-state index in [-0.39, 0.29) is 23.0 Å². The van der Waals surface area contributed by atoms with Crippen LogP contribution < -0.4 is 10.5 Å². The van der Waals surface area contributed by atoms with E-state index in [0.29, 0.717) is 12.1 Å². The summed E-state index contributed by atoms with van der Waals surface area (Å²) >= 11 is 0. The van der Waals surface area contributed by atoms with Gasteiger partial charge in [-0.15, -0.1) is 0 Å². The highest BCUT2D eigenvalue weighted by molar-refractivity contribution is 7.85. The predicted octanol–water partition coefficient (Wildman–Crippen LogP) is -0.557. The number of phenolic OH excluding ortho intramolecular Hbond substituents is 1. The zero-order chi connectivity index (χ0) is 26.4. The van der Waals surface area contributed by atoms with Crippen LogP contribution in [0.3, 0.4) is 0 Å². The first-order valence-electron chi connectivity index (χ1n) is 9.85. The average Bonchev–Trinajstić information content (AvgIpc) is 3.33. The Morgan fingerprint density at radius 1 is 1.22 bits per heavy atom. The second kappa shape index (κ2) is 9.13. The van der Waals surface area contributed by atoms with Crippen molar-refractivity contribution in [2.45, 2.75) is 30.7 Å². The molecule has 2 aromatic heterocycles. The summed E-state index contributed by atoms with van der Waals surface area (Å²) < 4.78 is 75.2. The Balaban J connectivity index is 1.42. The van der Waals surface area contributed by atoms with Gasteiger partial charge in [0.05, 0.1) is 24.1 Å². The number of hydrogen-bond donors (Lipinski definition) is 5. The standard InChI is InChI=1S/C18H17F3N6O8S/c19-18(20,21)7-1-2-8(9(28)3-7)16(31)26-36(32,33)34-4-10-12(29)13(30)17(35-10)27-6-25-11-14(22)23-5-24-15(11)27/h1-3,5-6,10,12-13,17,28-30H,4H2,(H,26,31)(H2,22,23,24)/t10?,12-,13-,17?/m1/s1. The number of nitrogens with one attached hydrogen (secondary N) is 1. The summed E-state index contributed by atoms with van der Waals surface area (Å²) in [5.41, 5.74) is 4.04. The fourth-order valence-electron chi connectivity index (χ4n) is 3.41. The molecule has 194 valence electrons. The minimum atomic E-state index is -4.89. The van der Waals surface area contributed by atoms with Gasteiger partial charge in [-0.1, -0.05) is 0 Å². The number of ether oxygens (including phenoxy) is 1. The number of aliphatic hydroxyl groups is 2. The van der Waals surface area contributed by atoms with Crippen LogP contribution in [0.4, 0.5) is 19.0 Å². The van der Waals surface area contributed by atoms with Gasteiger partial charge in [0, 0.05) is 0 Å². The third-order valence-corrected chi connectivity index (χ3v) is 6.06. The Hall–Kier alpha value is -3.58. The van der Waals surface area contributed by atoms with Gasteiger partial charge in [-0.3, -0.25) is 13.5 Å². The van der Waals surface area contributed by atoms with Crippen LogP contribution in [-0.2, 0) is 25.4 Å². The Morgan fingerprint density at radius 2 is 1.94 bits per heavy atom. The molecule has 1 aromatic carbocycles. The number of nitrogens with two attached hydrogens (primary N) is 1. The maximum Gasteiger partial charge on any atom is 0.416 e. The minimum absolute atomic E-state index is 0.0487.